The molecular formula is C23H24BrN3O5. The molecular weight excluding hydrogens is 478 g/mol. The van der Waals surface area contributed by atoms with Crippen LogP contribution in [-0.2, 0) is 10.2 Å². The molecule has 0 radical (unpaired) electrons. The number of rotatable bonds is 6. The van der Waals surface area contributed by atoms with Gasteiger partial charge in [0.25, 0.3) is 5.56 Å². The summed E-state index contributed by atoms with van der Waals surface area (Å²) in [6.07, 6.45) is 0.333. The number of methoxy groups -OCH3 is 1. The Kier molecular flexibility index (Phi) is 6.68. The van der Waals surface area contributed by atoms with Crippen molar-refractivity contribution >= 4 is 39.0 Å². The van der Waals surface area contributed by atoms with Crippen molar-refractivity contribution in [3.63, 3.8) is 0 Å². The van der Waals surface area contributed by atoms with E-state index >= 15 is 0 Å². The molecule has 0 aliphatic heterocycles. The first-order valence-corrected chi connectivity index (χ1v) is 10.7. The Morgan fingerprint density at radius 3 is 2.62 bits per heavy atom. The molecule has 168 valence electrons. The second-order valence-corrected chi connectivity index (χ2v) is 9.10. The van der Waals surface area contributed by atoms with Gasteiger partial charge in [0.2, 0.25) is 0 Å². The highest BCUT2D eigenvalue weighted by molar-refractivity contribution is 9.10. The van der Waals surface area contributed by atoms with Gasteiger partial charge in [0.05, 0.1) is 24.2 Å². The molecule has 1 N–H and O–H groups in total. The van der Waals surface area contributed by atoms with Gasteiger partial charge in [0.1, 0.15) is 5.82 Å². The summed E-state index contributed by atoms with van der Waals surface area (Å²) in [6, 6.07) is 10.4. The van der Waals surface area contributed by atoms with E-state index in [1.807, 2.05) is 26.8 Å². The van der Waals surface area contributed by atoms with E-state index in [-0.39, 0.29) is 11.3 Å². The van der Waals surface area contributed by atoms with Gasteiger partial charge in [-0.3, -0.25) is 4.79 Å². The van der Waals surface area contributed by atoms with Crippen molar-refractivity contribution in [3.8, 4) is 11.5 Å². The molecule has 0 saturated carbocycles. The van der Waals surface area contributed by atoms with E-state index < -0.39 is 17.5 Å². The molecule has 1 atom stereocenters. The predicted molar refractivity (Wildman–Crippen MR) is 126 cm³/mol. The van der Waals surface area contributed by atoms with Crippen molar-refractivity contribution < 1.29 is 19.4 Å². The maximum absolute atomic E-state index is 13.3. The van der Waals surface area contributed by atoms with Crippen LogP contribution in [0.2, 0.25) is 0 Å². The number of carboxylic acid groups (broad SMARTS) is 1. The summed E-state index contributed by atoms with van der Waals surface area (Å²) in [7, 11) is 1.46. The van der Waals surface area contributed by atoms with Crippen LogP contribution in [0.3, 0.4) is 0 Å². The third-order valence-corrected chi connectivity index (χ3v) is 5.16. The fourth-order valence-corrected chi connectivity index (χ4v) is 3.37. The Hall–Kier alpha value is -3.20. The number of nitrogens with zero attached hydrogens (tertiary/aromatic N) is 3. The molecule has 0 fully saturated rings. The molecule has 9 heteroatoms. The molecule has 0 saturated heterocycles. The smallest absolute Gasteiger partial charge is 0.344 e. The maximum Gasteiger partial charge on any atom is 0.344 e. The second-order valence-electron chi connectivity index (χ2n) is 8.19. The maximum atomic E-state index is 13.3. The normalized spacial score (nSPS) is 12.8. The van der Waals surface area contributed by atoms with Crippen LogP contribution in [0.25, 0.3) is 10.9 Å². The fraction of sp³-hybridized carbons (Fsp3) is 0.304. The number of ether oxygens (including phenoxy) is 2. The monoisotopic (exact) mass is 501 g/mol. The van der Waals surface area contributed by atoms with Crippen molar-refractivity contribution in [1.82, 2.24) is 9.66 Å². The van der Waals surface area contributed by atoms with Gasteiger partial charge in [-0.1, -0.05) is 42.8 Å². The number of carboxylic acids is 1. The number of halogens is 1. The first-order valence-electron chi connectivity index (χ1n) is 9.86. The van der Waals surface area contributed by atoms with Crippen molar-refractivity contribution in [2.75, 3.05) is 7.11 Å². The third-order valence-electron chi connectivity index (χ3n) is 4.66. The number of hydrogen-bond acceptors (Lipinski definition) is 6. The number of para-hydroxylation sites is 1. The molecule has 3 rings (SSSR count). The number of aliphatic carboxylic acids is 1. The van der Waals surface area contributed by atoms with Gasteiger partial charge in [0, 0.05) is 15.5 Å². The molecule has 8 nitrogen and oxygen atoms in total. The van der Waals surface area contributed by atoms with Crippen LogP contribution in [0.5, 0.6) is 11.5 Å². The van der Waals surface area contributed by atoms with E-state index in [1.165, 1.54) is 24.9 Å². The van der Waals surface area contributed by atoms with E-state index in [2.05, 4.69) is 26.0 Å². The molecule has 32 heavy (non-hydrogen) atoms. The van der Waals surface area contributed by atoms with Crippen molar-refractivity contribution in [1.29, 1.82) is 0 Å². The van der Waals surface area contributed by atoms with Gasteiger partial charge >= 0.3 is 5.97 Å². The fourth-order valence-electron chi connectivity index (χ4n) is 3.01. The number of hydrogen-bond donors (Lipinski definition) is 1. The zero-order valence-electron chi connectivity index (χ0n) is 18.4. The highest BCUT2D eigenvalue weighted by atomic mass is 79.9. The molecule has 1 aromatic heterocycles. The minimum Gasteiger partial charge on any atom is -0.493 e. The van der Waals surface area contributed by atoms with Crippen LogP contribution in [0.4, 0.5) is 0 Å². The standard InChI is InChI=1S/C23H24BrN3O5/c1-13(21(29)30)32-19-14(7-6-8-18(19)31-5)12-25-27-20(28)16-11-15(24)9-10-17(16)26-22(27)23(2,3)4/h6-13H,1-5H3,(H,29,30)/t13-/m0/s1. The van der Waals surface area contributed by atoms with Gasteiger partial charge in [0.15, 0.2) is 17.6 Å². The highest BCUT2D eigenvalue weighted by Crippen LogP contribution is 2.31. The average Bonchev–Trinajstić information content (AvgIpc) is 2.73. The van der Waals surface area contributed by atoms with Crippen LogP contribution in [0, 0.1) is 0 Å². The summed E-state index contributed by atoms with van der Waals surface area (Å²) in [5.74, 6) is -0.0614. The molecule has 0 unspecified atom stereocenters. The Labute approximate surface area is 193 Å². The lowest BCUT2D eigenvalue weighted by Crippen LogP contribution is -2.29. The quantitative estimate of drug-likeness (QED) is 0.507. The topological polar surface area (TPSA) is 103 Å². The van der Waals surface area contributed by atoms with Gasteiger partial charge < -0.3 is 14.6 Å². The van der Waals surface area contributed by atoms with Gasteiger partial charge in [-0.25, -0.2) is 9.78 Å². The Morgan fingerprint density at radius 2 is 2.00 bits per heavy atom. The number of benzene rings is 2. The van der Waals surface area contributed by atoms with E-state index in [0.29, 0.717) is 28.0 Å². The summed E-state index contributed by atoms with van der Waals surface area (Å²) in [4.78, 5) is 29.3. The molecule has 0 spiro atoms. The summed E-state index contributed by atoms with van der Waals surface area (Å²) in [5, 5.41) is 14.1. The van der Waals surface area contributed by atoms with Gasteiger partial charge in [-0.15, -0.1) is 0 Å². The SMILES string of the molecule is COc1cccc(C=Nn2c(C(C)(C)C)nc3ccc(Br)cc3c2=O)c1O[C@@H](C)C(=O)O. The van der Waals surface area contributed by atoms with Crippen molar-refractivity contribution in [2.45, 2.75) is 39.2 Å². The van der Waals surface area contributed by atoms with E-state index in [4.69, 9.17) is 9.47 Å². The van der Waals surface area contributed by atoms with Crippen LogP contribution >= 0.6 is 15.9 Å². The predicted octanol–water partition coefficient (Wildman–Crippen LogP) is 4.20. The third kappa shape index (κ3) is 4.83. The van der Waals surface area contributed by atoms with E-state index in [0.717, 1.165) is 4.47 Å². The largest absolute Gasteiger partial charge is 0.493 e. The molecule has 1 heterocycles. The Balaban J connectivity index is 2.20. The van der Waals surface area contributed by atoms with Crippen LogP contribution in [-0.4, -0.2) is 40.2 Å². The first kappa shape index (κ1) is 23.5. The van der Waals surface area contributed by atoms with E-state index in [9.17, 15) is 14.7 Å². The summed E-state index contributed by atoms with van der Waals surface area (Å²) in [6.45, 7) is 7.25. The molecule has 0 amide bonds. The first-order chi connectivity index (χ1) is 15.0. The lowest BCUT2D eigenvalue weighted by Gasteiger charge is -2.21. The highest BCUT2D eigenvalue weighted by Gasteiger charge is 2.23. The minimum atomic E-state index is -1.12. The van der Waals surface area contributed by atoms with Crippen molar-refractivity contribution in [3.05, 3.63) is 62.6 Å². The van der Waals surface area contributed by atoms with Gasteiger partial charge in [-0.2, -0.15) is 9.78 Å². The Bertz CT molecular complexity index is 1260. The lowest BCUT2D eigenvalue weighted by molar-refractivity contribution is -0.144. The molecule has 3 aromatic rings. The number of aromatic nitrogens is 2. The molecule has 0 aliphatic carbocycles. The summed E-state index contributed by atoms with van der Waals surface area (Å²) < 4.78 is 13.0. The van der Waals surface area contributed by atoms with Crippen LogP contribution in [0.15, 0.2) is 50.8 Å². The molecule has 0 bridgehead atoms. The van der Waals surface area contributed by atoms with Crippen molar-refractivity contribution in [2.24, 2.45) is 5.10 Å². The zero-order chi connectivity index (χ0) is 23.6. The summed E-state index contributed by atoms with van der Waals surface area (Å²) >= 11 is 3.39. The van der Waals surface area contributed by atoms with Gasteiger partial charge in [-0.05, 0) is 37.3 Å². The van der Waals surface area contributed by atoms with Crippen LogP contribution in [0.1, 0.15) is 39.1 Å². The average molecular weight is 502 g/mol. The van der Waals surface area contributed by atoms with E-state index in [1.54, 1.807) is 30.3 Å². The second kappa shape index (κ2) is 9.12. The molecule has 0 aliphatic rings. The molecule has 2 aromatic carbocycles. The number of fused-ring (bicyclic) bond motifs is 1. The minimum absolute atomic E-state index is 0.218. The number of carbonyl (C=O) groups is 1. The summed E-state index contributed by atoms with van der Waals surface area (Å²) in [5.41, 5.74) is 0.249. The van der Waals surface area contributed by atoms with Crippen LogP contribution < -0.4 is 15.0 Å². The zero-order valence-corrected chi connectivity index (χ0v) is 20.0. The Morgan fingerprint density at radius 1 is 1.28 bits per heavy atom. The lowest BCUT2D eigenvalue weighted by atomic mass is 9.95.